The van der Waals surface area contributed by atoms with Crippen LogP contribution in [0.5, 0.6) is 0 Å². The second kappa shape index (κ2) is 5.33. The lowest BCUT2D eigenvalue weighted by atomic mass is 9.84. The second-order valence-electron chi connectivity index (χ2n) is 5.61. The lowest BCUT2D eigenvalue weighted by Crippen LogP contribution is -2.56. The minimum absolute atomic E-state index is 0.217. The van der Waals surface area contributed by atoms with Crippen molar-refractivity contribution in [2.75, 3.05) is 7.05 Å². The number of aromatic nitrogens is 2. The van der Waals surface area contributed by atoms with Gasteiger partial charge in [-0.1, -0.05) is 6.42 Å². The molecule has 1 aromatic heterocycles. The van der Waals surface area contributed by atoms with Crippen LogP contribution in [0, 0.1) is 19.8 Å². The molecule has 1 aromatic rings. The van der Waals surface area contributed by atoms with E-state index in [9.17, 15) is 4.79 Å². The Morgan fingerprint density at radius 2 is 2.37 bits per heavy atom. The number of amides is 1. The van der Waals surface area contributed by atoms with Crippen molar-refractivity contribution in [3.63, 3.8) is 0 Å². The van der Waals surface area contributed by atoms with Gasteiger partial charge in [-0.2, -0.15) is 5.10 Å². The number of rotatable bonds is 5. The van der Waals surface area contributed by atoms with Gasteiger partial charge in [-0.05, 0) is 52.1 Å². The molecule has 2 atom stereocenters. The number of nitrogens with zero attached hydrogens (tertiary/aromatic N) is 2. The van der Waals surface area contributed by atoms with Gasteiger partial charge in [-0.3, -0.25) is 9.48 Å². The number of hydrogen-bond acceptors (Lipinski definition) is 3. The molecule has 0 bridgehead atoms. The summed E-state index contributed by atoms with van der Waals surface area (Å²) in [6.07, 6.45) is 3.90. The van der Waals surface area contributed by atoms with E-state index in [1.807, 2.05) is 18.7 Å². The molecule has 1 aliphatic carbocycles. The standard InChI is InChI=1S/C14H24N4O/c1-10-9-11(2)18(17-10)8-6-12-5-4-7-14(12,16-3)13(15)19/h9,12,16H,4-8H2,1-3H3,(H2,15,19). The molecule has 2 rings (SSSR count). The highest BCUT2D eigenvalue weighted by Crippen LogP contribution is 2.37. The van der Waals surface area contributed by atoms with Crippen molar-refractivity contribution in [2.45, 2.75) is 51.6 Å². The molecule has 1 saturated carbocycles. The summed E-state index contributed by atoms with van der Waals surface area (Å²) in [7, 11) is 1.84. The maximum absolute atomic E-state index is 11.8. The number of likely N-dealkylation sites (N-methyl/N-ethyl adjacent to an activating group) is 1. The first-order valence-corrected chi connectivity index (χ1v) is 6.99. The molecule has 106 valence electrons. The Labute approximate surface area is 114 Å². The molecular weight excluding hydrogens is 240 g/mol. The Balaban J connectivity index is 2.06. The van der Waals surface area contributed by atoms with Crippen molar-refractivity contribution >= 4 is 5.91 Å². The average Bonchev–Trinajstić information content (AvgIpc) is 2.90. The molecule has 1 aliphatic rings. The van der Waals surface area contributed by atoms with Crippen molar-refractivity contribution in [3.05, 3.63) is 17.5 Å². The number of nitrogens with one attached hydrogen (secondary N) is 1. The van der Waals surface area contributed by atoms with E-state index in [2.05, 4.69) is 23.4 Å². The van der Waals surface area contributed by atoms with Crippen LogP contribution in [0.3, 0.4) is 0 Å². The molecule has 0 radical (unpaired) electrons. The van der Waals surface area contributed by atoms with Crippen LogP contribution in [0.4, 0.5) is 0 Å². The van der Waals surface area contributed by atoms with E-state index in [-0.39, 0.29) is 5.91 Å². The SMILES string of the molecule is CNC1(C(N)=O)CCCC1CCn1nc(C)cc1C. The van der Waals surface area contributed by atoms with Gasteiger partial charge in [0.15, 0.2) is 0 Å². The highest BCUT2D eigenvalue weighted by atomic mass is 16.1. The van der Waals surface area contributed by atoms with Crippen LogP contribution in [0.2, 0.25) is 0 Å². The number of carbonyl (C=O) groups excluding carboxylic acids is 1. The van der Waals surface area contributed by atoms with Gasteiger partial charge in [0.25, 0.3) is 0 Å². The zero-order valence-electron chi connectivity index (χ0n) is 12.1. The van der Waals surface area contributed by atoms with Crippen LogP contribution in [0.15, 0.2) is 6.07 Å². The fourth-order valence-electron chi connectivity index (χ4n) is 3.42. The largest absolute Gasteiger partial charge is 0.368 e. The van der Waals surface area contributed by atoms with Gasteiger partial charge >= 0.3 is 0 Å². The third-order valence-corrected chi connectivity index (χ3v) is 4.50. The van der Waals surface area contributed by atoms with E-state index in [4.69, 9.17) is 5.73 Å². The summed E-state index contributed by atoms with van der Waals surface area (Å²) in [6.45, 7) is 4.91. The first-order valence-electron chi connectivity index (χ1n) is 6.99. The van der Waals surface area contributed by atoms with Gasteiger partial charge in [0.1, 0.15) is 5.54 Å². The van der Waals surface area contributed by atoms with Crippen molar-refractivity contribution in [1.29, 1.82) is 0 Å². The molecule has 5 heteroatoms. The van der Waals surface area contributed by atoms with E-state index >= 15 is 0 Å². The summed E-state index contributed by atoms with van der Waals surface area (Å²) in [5.41, 5.74) is 7.31. The third kappa shape index (κ3) is 2.52. The van der Waals surface area contributed by atoms with E-state index in [1.165, 1.54) is 5.69 Å². The number of aryl methyl sites for hydroxylation is 3. The second-order valence-corrected chi connectivity index (χ2v) is 5.61. The molecule has 0 spiro atoms. The number of carbonyl (C=O) groups is 1. The van der Waals surface area contributed by atoms with Gasteiger partial charge in [-0.25, -0.2) is 0 Å². The Hall–Kier alpha value is -1.36. The van der Waals surface area contributed by atoms with Gasteiger partial charge in [0.05, 0.1) is 5.69 Å². The van der Waals surface area contributed by atoms with Crippen molar-refractivity contribution < 1.29 is 4.79 Å². The van der Waals surface area contributed by atoms with Crippen LogP contribution < -0.4 is 11.1 Å². The molecular formula is C14H24N4O. The predicted molar refractivity (Wildman–Crippen MR) is 74.6 cm³/mol. The molecule has 1 fully saturated rings. The van der Waals surface area contributed by atoms with Crippen LogP contribution >= 0.6 is 0 Å². The Morgan fingerprint density at radius 3 is 2.89 bits per heavy atom. The quantitative estimate of drug-likeness (QED) is 0.837. The Kier molecular flexibility index (Phi) is 3.94. The summed E-state index contributed by atoms with van der Waals surface area (Å²) in [5, 5.41) is 7.65. The zero-order valence-corrected chi connectivity index (χ0v) is 12.1. The van der Waals surface area contributed by atoms with E-state index < -0.39 is 5.54 Å². The van der Waals surface area contributed by atoms with E-state index in [0.717, 1.165) is 37.9 Å². The van der Waals surface area contributed by atoms with Crippen molar-refractivity contribution in [2.24, 2.45) is 11.7 Å². The molecule has 3 N–H and O–H groups in total. The first kappa shape index (κ1) is 14.1. The topological polar surface area (TPSA) is 72.9 Å². The minimum atomic E-state index is -0.518. The zero-order chi connectivity index (χ0) is 14.0. The lowest BCUT2D eigenvalue weighted by Gasteiger charge is -2.32. The van der Waals surface area contributed by atoms with Crippen LogP contribution in [-0.2, 0) is 11.3 Å². The van der Waals surface area contributed by atoms with Crippen LogP contribution in [0.1, 0.15) is 37.1 Å². The number of hydrogen-bond donors (Lipinski definition) is 2. The van der Waals surface area contributed by atoms with Gasteiger partial charge in [-0.15, -0.1) is 0 Å². The fraction of sp³-hybridized carbons (Fsp3) is 0.714. The number of primary amides is 1. The van der Waals surface area contributed by atoms with Crippen LogP contribution in [-0.4, -0.2) is 28.3 Å². The maximum atomic E-state index is 11.8. The van der Waals surface area contributed by atoms with Crippen LogP contribution in [0.25, 0.3) is 0 Å². The van der Waals surface area contributed by atoms with Crippen molar-refractivity contribution in [1.82, 2.24) is 15.1 Å². The third-order valence-electron chi connectivity index (χ3n) is 4.50. The maximum Gasteiger partial charge on any atom is 0.238 e. The summed E-state index contributed by atoms with van der Waals surface area (Å²) < 4.78 is 2.02. The fourth-order valence-corrected chi connectivity index (χ4v) is 3.42. The van der Waals surface area contributed by atoms with Gasteiger partial charge in [0.2, 0.25) is 5.91 Å². The molecule has 19 heavy (non-hydrogen) atoms. The molecule has 0 aliphatic heterocycles. The van der Waals surface area contributed by atoms with Gasteiger partial charge in [0, 0.05) is 12.2 Å². The minimum Gasteiger partial charge on any atom is -0.368 e. The predicted octanol–water partition coefficient (Wildman–Crippen LogP) is 1.13. The molecule has 2 unspecified atom stereocenters. The molecule has 1 heterocycles. The molecule has 1 amide bonds. The normalized spacial score (nSPS) is 26.8. The summed E-state index contributed by atoms with van der Waals surface area (Å²) in [6, 6.07) is 2.08. The summed E-state index contributed by atoms with van der Waals surface area (Å²) >= 11 is 0. The molecule has 5 nitrogen and oxygen atoms in total. The van der Waals surface area contributed by atoms with E-state index in [1.54, 1.807) is 0 Å². The first-order chi connectivity index (χ1) is 8.99. The Morgan fingerprint density at radius 1 is 1.63 bits per heavy atom. The molecule has 0 saturated heterocycles. The highest BCUT2D eigenvalue weighted by Gasteiger charge is 2.46. The van der Waals surface area contributed by atoms with E-state index in [0.29, 0.717) is 5.92 Å². The average molecular weight is 264 g/mol. The highest BCUT2D eigenvalue weighted by molar-refractivity contribution is 5.85. The monoisotopic (exact) mass is 264 g/mol. The molecule has 0 aromatic carbocycles. The van der Waals surface area contributed by atoms with Crippen molar-refractivity contribution in [3.8, 4) is 0 Å². The summed E-state index contributed by atoms with van der Waals surface area (Å²) in [5.74, 6) is 0.0878. The Bertz CT molecular complexity index is 468. The smallest absolute Gasteiger partial charge is 0.238 e. The lowest BCUT2D eigenvalue weighted by molar-refractivity contribution is -0.125. The summed E-state index contributed by atoms with van der Waals surface area (Å²) in [4.78, 5) is 11.8. The number of nitrogens with two attached hydrogens (primary N) is 1. The van der Waals surface area contributed by atoms with Gasteiger partial charge < -0.3 is 11.1 Å².